The van der Waals surface area contributed by atoms with Gasteiger partial charge in [0.25, 0.3) is 5.91 Å². The summed E-state index contributed by atoms with van der Waals surface area (Å²) in [4.78, 5) is 24.2. The van der Waals surface area contributed by atoms with Crippen LogP contribution in [-0.2, 0) is 4.79 Å². The second-order valence-electron chi connectivity index (χ2n) is 3.91. The number of likely N-dealkylation sites (tertiary alicyclic amines) is 1. The van der Waals surface area contributed by atoms with E-state index in [9.17, 15) is 9.59 Å². The topological polar surface area (TPSA) is 70.8 Å². The normalized spacial score (nSPS) is 20.1. The maximum atomic E-state index is 11.9. The highest BCUT2D eigenvalue weighted by Gasteiger charge is 2.35. The Labute approximate surface area is 92.7 Å². The average Bonchev–Trinajstić information content (AvgIpc) is 2.84. The van der Waals surface area contributed by atoms with Crippen molar-refractivity contribution in [2.75, 3.05) is 6.54 Å². The lowest BCUT2D eigenvalue weighted by Gasteiger charge is -2.19. The quantitative estimate of drug-likeness (QED) is 0.819. The first-order valence-electron chi connectivity index (χ1n) is 5.20. The van der Waals surface area contributed by atoms with Crippen LogP contribution in [0.15, 0.2) is 16.5 Å². The molecule has 1 atom stereocenters. The fourth-order valence-corrected chi connectivity index (χ4v) is 1.96. The molecule has 5 nitrogen and oxygen atoms in total. The molecule has 2 rings (SSSR count). The smallest absolute Gasteiger partial charge is 0.326 e. The first-order valence-corrected chi connectivity index (χ1v) is 5.20. The molecule has 0 aliphatic carbocycles. The number of amides is 1. The second-order valence-corrected chi connectivity index (χ2v) is 3.91. The van der Waals surface area contributed by atoms with Crippen molar-refractivity contribution in [2.24, 2.45) is 0 Å². The third-order valence-corrected chi connectivity index (χ3v) is 2.75. The van der Waals surface area contributed by atoms with Crippen molar-refractivity contribution in [3.8, 4) is 0 Å². The second kappa shape index (κ2) is 4.00. The molecule has 0 aromatic carbocycles. The Morgan fingerprint density at radius 3 is 2.81 bits per heavy atom. The Morgan fingerprint density at radius 2 is 2.25 bits per heavy atom. The third kappa shape index (κ3) is 1.80. The van der Waals surface area contributed by atoms with Gasteiger partial charge in [0.15, 0.2) is 5.76 Å². The van der Waals surface area contributed by atoms with Gasteiger partial charge in [-0.25, -0.2) is 4.79 Å². The molecule has 16 heavy (non-hydrogen) atoms. The zero-order valence-corrected chi connectivity index (χ0v) is 8.97. The highest BCUT2D eigenvalue weighted by atomic mass is 16.4. The van der Waals surface area contributed by atoms with E-state index in [-0.39, 0.29) is 11.7 Å². The highest BCUT2D eigenvalue weighted by Crippen LogP contribution is 2.21. The average molecular weight is 223 g/mol. The van der Waals surface area contributed by atoms with E-state index in [1.54, 1.807) is 19.1 Å². The molecule has 0 spiro atoms. The summed E-state index contributed by atoms with van der Waals surface area (Å²) in [6.07, 6.45) is 1.24. The van der Waals surface area contributed by atoms with E-state index >= 15 is 0 Å². The molecule has 1 aromatic heterocycles. The highest BCUT2D eigenvalue weighted by molar-refractivity contribution is 5.94. The molecular weight excluding hydrogens is 210 g/mol. The number of carbonyl (C=O) groups excluding carboxylic acids is 1. The van der Waals surface area contributed by atoms with E-state index in [0.717, 1.165) is 6.42 Å². The van der Waals surface area contributed by atoms with Crippen LogP contribution in [0.1, 0.15) is 29.2 Å². The predicted octanol–water partition coefficient (Wildman–Crippen LogP) is 1.28. The number of hydrogen-bond donors (Lipinski definition) is 1. The molecule has 1 saturated heterocycles. The largest absolute Gasteiger partial charge is 0.480 e. The summed E-state index contributed by atoms with van der Waals surface area (Å²) in [6.45, 7) is 2.23. The fourth-order valence-electron chi connectivity index (χ4n) is 1.96. The maximum absolute atomic E-state index is 11.9. The van der Waals surface area contributed by atoms with Gasteiger partial charge in [-0.2, -0.15) is 0 Å². The van der Waals surface area contributed by atoms with E-state index in [4.69, 9.17) is 9.52 Å². The lowest BCUT2D eigenvalue weighted by Crippen LogP contribution is -2.40. The number of nitrogens with zero attached hydrogens (tertiary/aromatic N) is 1. The van der Waals surface area contributed by atoms with Crippen LogP contribution in [0.4, 0.5) is 0 Å². The lowest BCUT2D eigenvalue weighted by molar-refractivity contribution is -0.141. The Kier molecular flexibility index (Phi) is 2.68. The number of furan rings is 1. The van der Waals surface area contributed by atoms with Crippen molar-refractivity contribution < 1.29 is 19.1 Å². The van der Waals surface area contributed by atoms with Crippen molar-refractivity contribution in [3.05, 3.63) is 23.7 Å². The van der Waals surface area contributed by atoms with Gasteiger partial charge < -0.3 is 14.4 Å². The molecule has 1 fully saturated rings. The summed E-state index contributed by atoms with van der Waals surface area (Å²) in [5, 5.41) is 8.96. The van der Waals surface area contributed by atoms with E-state index in [2.05, 4.69) is 0 Å². The monoisotopic (exact) mass is 223 g/mol. The number of carbonyl (C=O) groups is 2. The number of carboxylic acid groups (broad SMARTS) is 1. The van der Waals surface area contributed by atoms with Crippen molar-refractivity contribution in [1.29, 1.82) is 0 Å². The van der Waals surface area contributed by atoms with Crippen molar-refractivity contribution >= 4 is 11.9 Å². The minimum Gasteiger partial charge on any atom is -0.480 e. The molecule has 2 heterocycles. The van der Waals surface area contributed by atoms with Crippen LogP contribution in [0.5, 0.6) is 0 Å². The summed E-state index contributed by atoms with van der Waals surface area (Å²) in [6, 6.07) is 2.56. The number of aliphatic carboxylic acids is 1. The number of hydrogen-bond acceptors (Lipinski definition) is 3. The van der Waals surface area contributed by atoms with Crippen LogP contribution >= 0.6 is 0 Å². The van der Waals surface area contributed by atoms with E-state index < -0.39 is 12.0 Å². The molecular formula is C11H13NO4. The van der Waals surface area contributed by atoms with Gasteiger partial charge in [0, 0.05) is 6.54 Å². The Morgan fingerprint density at radius 1 is 1.50 bits per heavy atom. The maximum Gasteiger partial charge on any atom is 0.326 e. The van der Waals surface area contributed by atoms with Crippen LogP contribution < -0.4 is 0 Å². The van der Waals surface area contributed by atoms with Gasteiger partial charge in [-0.1, -0.05) is 0 Å². The minimum atomic E-state index is -0.950. The number of rotatable bonds is 2. The first kappa shape index (κ1) is 10.7. The Bertz CT molecular complexity index is 423. The van der Waals surface area contributed by atoms with Gasteiger partial charge in [0.1, 0.15) is 11.8 Å². The molecule has 0 bridgehead atoms. The SMILES string of the molecule is Cc1ccc(C(=O)N2CCCC2C(=O)O)o1. The van der Waals surface area contributed by atoms with Crippen molar-refractivity contribution in [2.45, 2.75) is 25.8 Å². The molecule has 5 heteroatoms. The minimum absolute atomic E-state index is 0.214. The van der Waals surface area contributed by atoms with Gasteiger partial charge in [-0.05, 0) is 31.9 Å². The number of carboxylic acids is 1. The van der Waals surface area contributed by atoms with Gasteiger partial charge in [0.05, 0.1) is 0 Å². The third-order valence-electron chi connectivity index (χ3n) is 2.75. The molecule has 1 aromatic rings. The Hall–Kier alpha value is -1.78. The summed E-state index contributed by atoms with van der Waals surface area (Å²) in [7, 11) is 0. The molecule has 86 valence electrons. The summed E-state index contributed by atoms with van der Waals surface area (Å²) in [5.41, 5.74) is 0. The molecule has 1 unspecified atom stereocenters. The first-order chi connectivity index (χ1) is 7.59. The van der Waals surface area contributed by atoms with Crippen LogP contribution in [0.2, 0.25) is 0 Å². The summed E-state index contributed by atoms with van der Waals surface area (Å²) < 4.78 is 5.20. The van der Waals surface area contributed by atoms with Crippen LogP contribution in [0.25, 0.3) is 0 Å². The van der Waals surface area contributed by atoms with Gasteiger partial charge >= 0.3 is 5.97 Å². The molecule has 1 aliphatic heterocycles. The molecule has 0 saturated carbocycles. The van der Waals surface area contributed by atoms with Gasteiger partial charge in [-0.3, -0.25) is 4.79 Å². The lowest BCUT2D eigenvalue weighted by atomic mass is 10.2. The zero-order chi connectivity index (χ0) is 11.7. The summed E-state index contributed by atoms with van der Waals surface area (Å²) >= 11 is 0. The van der Waals surface area contributed by atoms with Crippen molar-refractivity contribution in [3.63, 3.8) is 0 Å². The van der Waals surface area contributed by atoms with E-state index in [1.165, 1.54) is 4.90 Å². The molecule has 0 radical (unpaired) electrons. The van der Waals surface area contributed by atoms with Gasteiger partial charge in [-0.15, -0.1) is 0 Å². The zero-order valence-electron chi connectivity index (χ0n) is 8.97. The van der Waals surface area contributed by atoms with Crippen molar-refractivity contribution in [1.82, 2.24) is 4.90 Å². The van der Waals surface area contributed by atoms with Crippen LogP contribution in [0, 0.1) is 6.92 Å². The van der Waals surface area contributed by atoms with E-state index in [0.29, 0.717) is 18.7 Å². The molecule has 1 amide bonds. The van der Waals surface area contributed by atoms with Gasteiger partial charge in [0.2, 0.25) is 0 Å². The molecule has 1 aliphatic rings. The Balaban J connectivity index is 2.18. The predicted molar refractivity (Wildman–Crippen MR) is 55.1 cm³/mol. The standard InChI is InChI=1S/C11H13NO4/c1-7-4-5-9(16-7)10(13)12-6-2-3-8(12)11(14)15/h4-5,8H,2-3,6H2,1H3,(H,14,15). The van der Waals surface area contributed by atoms with Crippen LogP contribution in [-0.4, -0.2) is 34.5 Å². The fraction of sp³-hybridized carbons (Fsp3) is 0.455. The molecule has 1 N–H and O–H groups in total. The van der Waals surface area contributed by atoms with E-state index in [1.807, 2.05) is 0 Å². The van der Waals surface area contributed by atoms with Crippen LogP contribution in [0.3, 0.4) is 0 Å². The number of aryl methyl sites for hydroxylation is 1. The summed E-state index contributed by atoms with van der Waals surface area (Å²) in [5.74, 6) is -0.424.